The normalized spacial score (nSPS) is 26.5. The number of ketones is 1. The number of hydrogen-bond donors (Lipinski definition) is 2. The fraction of sp³-hybridized carbons (Fsp3) is 0.588. The van der Waals surface area contributed by atoms with Gasteiger partial charge in [-0.1, -0.05) is 0 Å². The van der Waals surface area contributed by atoms with E-state index in [1.807, 2.05) is 0 Å². The second-order valence-corrected chi connectivity index (χ2v) is 6.17. The molecule has 0 saturated carbocycles. The van der Waals surface area contributed by atoms with Crippen molar-refractivity contribution >= 4 is 5.78 Å². The summed E-state index contributed by atoms with van der Waals surface area (Å²) in [4.78, 5) is 12.5. The number of carbonyl (C=O) groups excluding carboxylic acids is 1. The molecule has 3 atom stereocenters. The second kappa shape index (κ2) is 7.72. The third-order valence-electron chi connectivity index (χ3n) is 3.84. The Balaban J connectivity index is 1.77. The van der Waals surface area contributed by atoms with Crippen molar-refractivity contribution < 1.29 is 24.3 Å². The number of nitrogens with one attached hydrogen (secondary N) is 1. The summed E-state index contributed by atoms with van der Waals surface area (Å²) in [7, 11) is 0. The van der Waals surface area contributed by atoms with Crippen LogP contribution >= 0.6 is 0 Å². The van der Waals surface area contributed by atoms with Gasteiger partial charge in [-0.15, -0.1) is 0 Å². The molecule has 5 heteroatoms. The monoisotopic (exact) mass is 308 g/mol. The number of benzene rings is 1. The van der Waals surface area contributed by atoms with E-state index in [9.17, 15) is 9.90 Å². The first-order valence-electron chi connectivity index (χ1n) is 7.85. The van der Waals surface area contributed by atoms with Crippen LogP contribution in [0.5, 0.6) is 5.75 Å². The van der Waals surface area contributed by atoms with Crippen LogP contribution in [-0.4, -0.2) is 55.4 Å². The van der Waals surface area contributed by atoms with Gasteiger partial charge < -0.3 is 19.5 Å². The number of morpholine rings is 1. The average molecular weight is 308 g/mol. The summed E-state index contributed by atoms with van der Waals surface area (Å²) in [5.41, 5.74) is 0.661. The van der Waals surface area contributed by atoms with Crippen LogP contribution in [0.25, 0.3) is 0 Å². The highest BCUT2D eigenvalue weighted by molar-refractivity contribution is 5.94. The maximum atomic E-state index is 11.2. The van der Waals surface area contributed by atoms with E-state index in [0.29, 0.717) is 17.9 Å². The minimum atomic E-state index is -0.514. The fourth-order valence-electron chi connectivity index (χ4n) is 2.93. The van der Waals surface area contributed by atoms with Crippen molar-refractivity contribution in [2.45, 2.75) is 39.1 Å². The van der Waals surface area contributed by atoms with Crippen LogP contribution in [0.15, 0.2) is 24.3 Å². The molecule has 122 valence electrons. The predicted molar refractivity (Wildman–Crippen MR) is 83.5 cm³/mol. The fourth-order valence-corrected chi connectivity index (χ4v) is 2.93. The lowest BCUT2D eigenvalue weighted by Gasteiger charge is -2.33. The Labute approximate surface area is 131 Å². The number of hydrogen-bond acceptors (Lipinski definition) is 4. The molecule has 1 fully saturated rings. The molecule has 0 aromatic heterocycles. The molecule has 1 aliphatic rings. The minimum Gasteiger partial charge on any atom is -0.491 e. The smallest absolute Gasteiger partial charge is 0.159 e. The highest BCUT2D eigenvalue weighted by Gasteiger charge is 2.27. The molecule has 0 unspecified atom stereocenters. The van der Waals surface area contributed by atoms with Crippen molar-refractivity contribution in [2.75, 3.05) is 26.2 Å². The van der Waals surface area contributed by atoms with Gasteiger partial charge in [0.1, 0.15) is 50.3 Å². The number of carbonyl (C=O) groups is 1. The summed E-state index contributed by atoms with van der Waals surface area (Å²) in [6, 6.07) is 6.99. The van der Waals surface area contributed by atoms with Crippen molar-refractivity contribution in [3.8, 4) is 5.75 Å². The van der Waals surface area contributed by atoms with E-state index in [0.717, 1.165) is 13.1 Å². The van der Waals surface area contributed by atoms with Crippen LogP contribution < -0.4 is 9.64 Å². The largest absolute Gasteiger partial charge is 0.491 e. The maximum absolute atomic E-state index is 11.2. The number of quaternary nitrogens is 1. The van der Waals surface area contributed by atoms with E-state index in [1.54, 1.807) is 24.3 Å². The van der Waals surface area contributed by atoms with Crippen LogP contribution in [0.4, 0.5) is 0 Å². The van der Waals surface area contributed by atoms with Gasteiger partial charge in [0.15, 0.2) is 5.78 Å². The number of aliphatic hydroxyl groups excluding tert-OH is 1. The number of Topliss-reactive ketones (excluding diaryl/α,β-unsaturated/α-hetero) is 1. The van der Waals surface area contributed by atoms with E-state index >= 15 is 0 Å². The first-order valence-corrected chi connectivity index (χ1v) is 7.85. The van der Waals surface area contributed by atoms with Gasteiger partial charge in [-0.3, -0.25) is 4.79 Å². The van der Waals surface area contributed by atoms with E-state index in [1.165, 1.54) is 11.8 Å². The molecule has 2 N–H and O–H groups in total. The van der Waals surface area contributed by atoms with Crippen LogP contribution in [-0.2, 0) is 4.74 Å². The zero-order chi connectivity index (χ0) is 16.1. The van der Waals surface area contributed by atoms with Gasteiger partial charge in [0.05, 0.1) is 0 Å². The van der Waals surface area contributed by atoms with Crippen molar-refractivity contribution in [1.29, 1.82) is 0 Å². The van der Waals surface area contributed by atoms with Gasteiger partial charge in [0, 0.05) is 5.56 Å². The first-order chi connectivity index (χ1) is 10.4. The summed E-state index contributed by atoms with van der Waals surface area (Å²) < 4.78 is 11.3. The Morgan fingerprint density at radius 1 is 1.32 bits per heavy atom. The van der Waals surface area contributed by atoms with Gasteiger partial charge in [0.25, 0.3) is 0 Å². The highest BCUT2D eigenvalue weighted by atomic mass is 16.5. The molecular formula is C17H26NO4+. The summed E-state index contributed by atoms with van der Waals surface area (Å²) in [6.45, 7) is 8.40. The van der Waals surface area contributed by atoms with Gasteiger partial charge in [0.2, 0.25) is 0 Å². The van der Waals surface area contributed by atoms with Crippen molar-refractivity contribution in [3.63, 3.8) is 0 Å². The molecule has 1 heterocycles. The van der Waals surface area contributed by atoms with Crippen molar-refractivity contribution in [3.05, 3.63) is 29.8 Å². The van der Waals surface area contributed by atoms with Crippen molar-refractivity contribution in [2.24, 2.45) is 0 Å². The summed E-state index contributed by atoms with van der Waals surface area (Å²) in [6.07, 6.45) is -0.0584. The molecule has 0 spiro atoms. The molecule has 0 radical (unpaired) electrons. The Morgan fingerprint density at radius 3 is 2.45 bits per heavy atom. The number of ether oxygens (including phenoxy) is 2. The van der Waals surface area contributed by atoms with Gasteiger partial charge >= 0.3 is 0 Å². The molecule has 2 rings (SSSR count). The molecular weight excluding hydrogens is 282 g/mol. The lowest BCUT2D eigenvalue weighted by Crippen LogP contribution is -3.16. The number of aliphatic hydroxyl groups is 1. The van der Waals surface area contributed by atoms with Gasteiger partial charge in [-0.05, 0) is 45.0 Å². The first kappa shape index (κ1) is 16.9. The average Bonchev–Trinajstić information content (AvgIpc) is 2.44. The molecule has 1 saturated heterocycles. The third kappa shape index (κ3) is 5.09. The van der Waals surface area contributed by atoms with Crippen LogP contribution in [0, 0.1) is 0 Å². The van der Waals surface area contributed by atoms with Gasteiger partial charge in [-0.25, -0.2) is 0 Å². The summed E-state index contributed by atoms with van der Waals surface area (Å²) in [5, 5.41) is 10.1. The molecule has 0 bridgehead atoms. The van der Waals surface area contributed by atoms with Crippen molar-refractivity contribution in [1.82, 2.24) is 0 Å². The molecule has 1 aliphatic heterocycles. The Bertz CT molecular complexity index is 478. The summed E-state index contributed by atoms with van der Waals surface area (Å²) in [5.74, 6) is 0.702. The maximum Gasteiger partial charge on any atom is 0.159 e. The van der Waals surface area contributed by atoms with E-state index in [2.05, 4.69) is 13.8 Å². The standard InChI is InChI=1S/C17H25NO4/c1-12-8-18(9-13(2)22-12)10-16(20)11-21-17-6-4-15(5-7-17)14(3)19/h4-7,12-13,16,20H,8-11H2,1-3H3/p+1/t12-,13-,16-/m0/s1. The van der Waals surface area contributed by atoms with Crippen LogP contribution in [0.3, 0.4) is 0 Å². The van der Waals surface area contributed by atoms with Crippen LogP contribution in [0.1, 0.15) is 31.1 Å². The third-order valence-corrected chi connectivity index (χ3v) is 3.84. The number of rotatable bonds is 6. The minimum absolute atomic E-state index is 0.0331. The lowest BCUT2D eigenvalue weighted by molar-refractivity contribution is -0.918. The highest BCUT2D eigenvalue weighted by Crippen LogP contribution is 2.12. The van der Waals surface area contributed by atoms with E-state index in [4.69, 9.17) is 9.47 Å². The molecule has 0 amide bonds. The quantitative estimate of drug-likeness (QED) is 0.743. The summed E-state index contributed by atoms with van der Waals surface area (Å²) >= 11 is 0. The zero-order valence-corrected chi connectivity index (χ0v) is 13.5. The molecule has 1 aromatic carbocycles. The Hall–Kier alpha value is -1.43. The van der Waals surface area contributed by atoms with Gasteiger partial charge in [-0.2, -0.15) is 0 Å². The topological polar surface area (TPSA) is 60.2 Å². The zero-order valence-electron chi connectivity index (χ0n) is 13.5. The second-order valence-electron chi connectivity index (χ2n) is 6.17. The molecule has 22 heavy (non-hydrogen) atoms. The van der Waals surface area contributed by atoms with E-state index in [-0.39, 0.29) is 24.6 Å². The molecule has 0 aliphatic carbocycles. The molecule has 1 aromatic rings. The predicted octanol–water partition coefficient (Wildman–Crippen LogP) is 0.321. The SMILES string of the molecule is CC(=O)c1ccc(OC[C@@H](O)C[NH+]2C[C@H](C)O[C@@H](C)C2)cc1. The van der Waals surface area contributed by atoms with Crippen LogP contribution in [0.2, 0.25) is 0 Å². The Morgan fingerprint density at radius 2 is 1.91 bits per heavy atom. The van der Waals surface area contributed by atoms with E-state index < -0.39 is 6.10 Å². The molecule has 5 nitrogen and oxygen atoms in total. The lowest BCUT2D eigenvalue weighted by atomic mass is 10.1. The Kier molecular flexibility index (Phi) is 5.94.